The van der Waals surface area contributed by atoms with Crippen molar-refractivity contribution in [1.29, 1.82) is 0 Å². The molecule has 0 unspecified atom stereocenters. The van der Waals surface area contributed by atoms with Crippen LogP contribution in [0, 0.1) is 0 Å². The highest BCUT2D eigenvalue weighted by Crippen LogP contribution is 2.55. The van der Waals surface area contributed by atoms with Crippen LogP contribution in [0.4, 0.5) is 24.0 Å². The van der Waals surface area contributed by atoms with Crippen molar-refractivity contribution in [2.45, 2.75) is 44.2 Å². The molecule has 1 fully saturated rings. The third-order valence-electron chi connectivity index (χ3n) is 5.50. The molecular formula is C22H22F3N5O2S. The number of benzene rings is 1. The van der Waals surface area contributed by atoms with E-state index in [1.165, 1.54) is 6.20 Å². The summed E-state index contributed by atoms with van der Waals surface area (Å²) < 4.78 is 46.3. The van der Waals surface area contributed by atoms with Crippen molar-refractivity contribution < 1.29 is 23.1 Å². The highest BCUT2D eigenvalue weighted by molar-refractivity contribution is 7.17. The molecule has 0 amide bonds. The number of oxime groups is 1. The summed E-state index contributed by atoms with van der Waals surface area (Å²) in [6, 6.07) is 11.0. The monoisotopic (exact) mass is 477 g/mol. The number of rotatable bonds is 8. The van der Waals surface area contributed by atoms with Gasteiger partial charge in [-0.05, 0) is 42.9 Å². The Morgan fingerprint density at radius 3 is 2.70 bits per heavy atom. The third-order valence-corrected chi connectivity index (χ3v) is 6.49. The minimum absolute atomic E-state index is 0.0975. The molecule has 7 nitrogen and oxygen atoms in total. The standard InChI is InChI=1S/C22H22F3N5O2S/c1-2-9-21(10-11-21)13-6-3-4-8-15(13)32-19-14(7-5-12-27-19)28-20-29-17(22(23,24)25)16(33-20)18(26)30-31/h3-8,12,31H,2,9-11H2,1H3,(H2,26,30)(H,28,29). The van der Waals surface area contributed by atoms with Gasteiger partial charge in [0.2, 0.25) is 5.88 Å². The Labute approximate surface area is 192 Å². The SMILES string of the molecule is CCCC1(c2ccccc2Oc2ncccc2Nc2nc(C(F)(F)F)c(/C(N)=N/O)s2)CC1. The average molecular weight is 478 g/mol. The Balaban J connectivity index is 1.65. The predicted molar refractivity (Wildman–Crippen MR) is 119 cm³/mol. The predicted octanol–water partition coefficient (Wildman–Crippen LogP) is 6.02. The van der Waals surface area contributed by atoms with Gasteiger partial charge < -0.3 is 21.0 Å². The van der Waals surface area contributed by atoms with Crippen molar-refractivity contribution in [3.63, 3.8) is 0 Å². The molecule has 1 saturated carbocycles. The van der Waals surface area contributed by atoms with Gasteiger partial charge in [0.05, 0.1) is 0 Å². The number of alkyl halides is 3. The number of para-hydroxylation sites is 1. The number of halogens is 3. The first kappa shape index (κ1) is 22.8. The van der Waals surface area contributed by atoms with Crippen molar-refractivity contribution in [1.82, 2.24) is 9.97 Å². The molecule has 3 aromatic rings. The molecule has 0 bridgehead atoms. The van der Waals surface area contributed by atoms with E-state index >= 15 is 0 Å². The van der Waals surface area contributed by atoms with Crippen molar-refractivity contribution in [2.75, 3.05) is 5.32 Å². The van der Waals surface area contributed by atoms with Gasteiger partial charge in [0.15, 0.2) is 16.7 Å². The van der Waals surface area contributed by atoms with E-state index in [1.807, 2.05) is 24.3 Å². The summed E-state index contributed by atoms with van der Waals surface area (Å²) in [6.45, 7) is 2.15. The molecule has 0 saturated heterocycles. The van der Waals surface area contributed by atoms with E-state index in [4.69, 9.17) is 15.7 Å². The van der Waals surface area contributed by atoms with E-state index in [-0.39, 0.29) is 16.4 Å². The number of nitrogens with zero attached hydrogens (tertiary/aromatic N) is 3. The smallest absolute Gasteiger partial charge is 0.435 e. The van der Waals surface area contributed by atoms with Crippen molar-refractivity contribution >= 4 is 28.0 Å². The van der Waals surface area contributed by atoms with Gasteiger partial charge in [-0.1, -0.05) is 48.0 Å². The van der Waals surface area contributed by atoms with Crippen LogP contribution in [0.25, 0.3) is 0 Å². The van der Waals surface area contributed by atoms with Crippen LogP contribution in [0.3, 0.4) is 0 Å². The van der Waals surface area contributed by atoms with E-state index in [0.717, 1.165) is 31.2 Å². The number of hydrogen-bond donors (Lipinski definition) is 3. The highest BCUT2D eigenvalue weighted by atomic mass is 32.1. The molecule has 0 spiro atoms. The summed E-state index contributed by atoms with van der Waals surface area (Å²) in [7, 11) is 0. The van der Waals surface area contributed by atoms with Crippen LogP contribution in [0.5, 0.6) is 11.6 Å². The van der Waals surface area contributed by atoms with E-state index < -0.39 is 22.6 Å². The van der Waals surface area contributed by atoms with E-state index in [0.29, 0.717) is 22.8 Å². The van der Waals surface area contributed by atoms with Crippen LogP contribution >= 0.6 is 11.3 Å². The van der Waals surface area contributed by atoms with Crippen molar-refractivity contribution in [2.24, 2.45) is 10.9 Å². The summed E-state index contributed by atoms with van der Waals surface area (Å²) in [5.41, 5.74) is 5.72. The Morgan fingerprint density at radius 1 is 1.27 bits per heavy atom. The maximum atomic E-state index is 13.4. The molecule has 2 heterocycles. The molecule has 1 aromatic carbocycles. The molecule has 1 aliphatic carbocycles. The number of hydrogen-bond acceptors (Lipinski definition) is 7. The van der Waals surface area contributed by atoms with Gasteiger partial charge in [0.1, 0.15) is 16.3 Å². The number of pyridine rings is 1. The summed E-state index contributed by atoms with van der Waals surface area (Å²) >= 11 is 0.612. The van der Waals surface area contributed by atoms with Gasteiger partial charge >= 0.3 is 6.18 Å². The second-order valence-electron chi connectivity index (χ2n) is 7.79. The van der Waals surface area contributed by atoms with Gasteiger partial charge in [-0.15, -0.1) is 0 Å². The Hall–Kier alpha value is -3.34. The minimum atomic E-state index is -4.77. The Bertz CT molecular complexity index is 1170. The van der Waals surface area contributed by atoms with Crippen LogP contribution in [0.15, 0.2) is 47.8 Å². The summed E-state index contributed by atoms with van der Waals surface area (Å²) in [5, 5.41) is 14.3. The number of aromatic nitrogens is 2. The van der Waals surface area contributed by atoms with E-state index in [1.54, 1.807) is 12.1 Å². The zero-order valence-electron chi connectivity index (χ0n) is 17.7. The Morgan fingerprint density at radius 2 is 2.03 bits per heavy atom. The molecule has 33 heavy (non-hydrogen) atoms. The van der Waals surface area contributed by atoms with Crippen LogP contribution in [0.1, 0.15) is 48.7 Å². The van der Waals surface area contributed by atoms with Gasteiger partial charge in [0, 0.05) is 11.8 Å². The van der Waals surface area contributed by atoms with E-state index in [9.17, 15) is 13.2 Å². The fourth-order valence-corrected chi connectivity index (χ4v) is 4.74. The maximum Gasteiger partial charge on any atom is 0.435 e. The lowest BCUT2D eigenvalue weighted by Gasteiger charge is -2.19. The lowest BCUT2D eigenvalue weighted by Crippen LogP contribution is -2.18. The first-order valence-corrected chi connectivity index (χ1v) is 11.1. The van der Waals surface area contributed by atoms with E-state index in [2.05, 4.69) is 27.4 Å². The number of nitrogens with one attached hydrogen (secondary N) is 1. The number of amidine groups is 1. The molecule has 174 valence electrons. The molecule has 0 aliphatic heterocycles. The van der Waals surface area contributed by atoms with Gasteiger partial charge in [-0.25, -0.2) is 9.97 Å². The third kappa shape index (κ3) is 4.72. The van der Waals surface area contributed by atoms with Crippen LogP contribution in [-0.2, 0) is 11.6 Å². The topological polar surface area (TPSA) is 106 Å². The van der Waals surface area contributed by atoms with Crippen LogP contribution in [-0.4, -0.2) is 21.0 Å². The van der Waals surface area contributed by atoms with Crippen LogP contribution in [0.2, 0.25) is 0 Å². The molecule has 4 rings (SSSR count). The second kappa shape index (κ2) is 8.89. The minimum Gasteiger partial charge on any atom is -0.437 e. The maximum absolute atomic E-state index is 13.4. The number of ether oxygens (including phenoxy) is 1. The molecule has 0 atom stereocenters. The Kier molecular flexibility index (Phi) is 6.15. The molecule has 0 radical (unpaired) electrons. The first-order chi connectivity index (χ1) is 15.8. The molecule has 4 N–H and O–H groups in total. The fourth-order valence-electron chi connectivity index (χ4n) is 3.85. The normalized spacial score (nSPS) is 15.3. The number of nitrogens with two attached hydrogens (primary N) is 1. The lowest BCUT2D eigenvalue weighted by atomic mass is 9.90. The zero-order chi connectivity index (χ0) is 23.6. The quantitative estimate of drug-likeness (QED) is 0.159. The zero-order valence-corrected chi connectivity index (χ0v) is 18.5. The summed E-state index contributed by atoms with van der Waals surface area (Å²) in [6.07, 6.45) is 1.05. The number of thiazole rings is 1. The fraction of sp³-hybridized carbons (Fsp3) is 0.318. The average Bonchev–Trinajstić information content (AvgIpc) is 3.44. The van der Waals surface area contributed by atoms with Crippen LogP contribution < -0.4 is 15.8 Å². The van der Waals surface area contributed by atoms with Gasteiger partial charge in [-0.2, -0.15) is 13.2 Å². The summed E-state index contributed by atoms with van der Waals surface area (Å²) in [4.78, 5) is 7.40. The second-order valence-corrected chi connectivity index (χ2v) is 8.79. The number of anilines is 2. The lowest BCUT2D eigenvalue weighted by molar-refractivity contribution is -0.140. The molecule has 11 heteroatoms. The largest absolute Gasteiger partial charge is 0.437 e. The first-order valence-electron chi connectivity index (χ1n) is 10.3. The van der Waals surface area contributed by atoms with Gasteiger partial charge in [0.25, 0.3) is 0 Å². The molecule has 1 aliphatic rings. The summed E-state index contributed by atoms with van der Waals surface area (Å²) in [5.74, 6) is 0.194. The highest BCUT2D eigenvalue weighted by Gasteiger charge is 2.45. The molecular weight excluding hydrogens is 455 g/mol. The van der Waals surface area contributed by atoms with Crippen molar-refractivity contribution in [3.8, 4) is 11.6 Å². The van der Waals surface area contributed by atoms with Gasteiger partial charge in [-0.3, -0.25) is 0 Å². The molecule has 2 aromatic heterocycles. The van der Waals surface area contributed by atoms with Crippen molar-refractivity contribution in [3.05, 3.63) is 58.7 Å².